The fraction of sp³-hybridized carbons (Fsp3) is 0.250. The smallest absolute Gasteiger partial charge is 0.342 e. The minimum Gasteiger partial charge on any atom is -0.465 e. The number of nitrogen functional groups attached to an aromatic ring is 1. The second-order valence-corrected chi connectivity index (χ2v) is 2.45. The van der Waals surface area contributed by atoms with Gasteiger partial charge in [0, 0.05) is 11.9 Å². The van der Waals surface area contributed by atoms with Crippen molar-refractivity contribution in [3.05, 3.63) is 23.5 Å². The van der Waals surface area contributed by atoms with Crippen molar-refractivity contribution >= 4 is 11.7 Å². The lowest BCUT2D eigenvalue weighted by Gasteiger charge is -2.07. The Kier molecular flexibility index (Phi) is 2.95. The Morgan fingerprint density at radius 3 is 2.79 bits per heavy atom. The van der Waals surface area contributed by atoms with Crippen LogP contribution < -0.4 is 5.73 Å². The molecule has 0 aliphatic rings. The van der Waals surface area contributed by atoms with Gasteiger partial charge in [-0.15, -0.1) is 0 Å². The second-order valence-electron chi connectivity index (χ2n) is 2.45. The molecule has 1 rings (SSSR count). The quantitative estimate of drug-likeness (QED) is 0.736. The summed E-state index contributed by atoms with van der Waals surface area (Å²) in [6, 6.07) is 1.26. The van der Waals surface area contributed by atoms with Crippen LogP contribution in [0.25, 0.3) is 0 Å². The van der Waals surface area contributed by atoms with Gasteiger partial charge in [0.15, 0.2) is 0 Å². The minimum atomic E-state index is -2.85. The highest BCUT2D eigenvalue weighted by Crippen LogP contribution is 2.24. The fourth-order valence-electron chi connectivity index (χ4n) is 0.984. The van der Waals surface area contributed by atoms with Gasteiger partial charge in [0.2, 0.25) is 0 Å². The van der Waals surface area contributed by atoms with Gasteiger partial charge in [-0.1, -0.05) is 0 Å². The summed E-state index contributed by atoms with van der Waals surface area (Å²) in [4.78, 5) is 14.5. The number of alkyl halides is 2. The molecule has 0 saturated carbocycles. The summed E-state index contributed by atoms with van der Waals surface area (Å²) in [6.45, 7) is 0. The van der Waals surface area contributed by atoms with Crippen LogP contribution in [0.1, 0.15) is 22.5 Å². The molecule has 0 aromatic carbocycles. The van der Waals surface area contributed by atoms with Crippen molar-refractivity contribution in [1.29, 1.82) is 0 Å². The molecule has 0 unspecified atom stereocenters. The van der Waals surface area contributed by atoms with Crippen molar-refractivity contribution in [2.45, 2.75) is 6.43 Å². The summed E-state index contributed by atoms with van der Waals surface area (Å²) in [5.74, 6) is -0.911. The number of methoxy groups -OCH3 is 1. The SMILES string of the molecule is COC(=O)c1c(N)ccnc1C(F)F. The molecule has 0 radical (unpaired) electrons. The molecular weight excluding hydrogens is 194 g/mol. The van der Waals surface area contributed by atoms with Crippen LogP contribution in [0, 0.1) is 0 Å². The molecule has 0 saturated heterocycles. The second kappa shape index (κ2) is 3.99. The van der Waals surface area contributed by atoms with Crippen molar-refractivity contribution < 1.29 is 18.3 Å². The first kappa shape index (κ1) is 10.4. The highest BCUT2D eigenvalue weighted by Gasteiger charge is 2.22. The van der Waals surface area contributed by atoms with E-state index in [2.05, 4.69) is 9.72 Å². The molecular formula is C8H8F2N2O2. The first-order valence-electron chi connectivity index (χ1n) is 3.68. The lowest BCUT2D eigenvalue weighted by atomic mass is 10.1. The zero-order valence-electron chi connectivity index (χ0n) is 7.33. The van der Waals surface area contributed by atoms with E-state index in [-0.39, 0.29) is 11.3 Å². The van der Waals surface area contributed by atoms with Gasteiger partial charge >= 0.3 is 5.97 Å². The number of esters is 1. The molecule has 1 aromatic heterocycles. The van der Waals surface area contributed by atoms with E-state index < -0.39 is 18.1 Å². The number of hydrogen-bond donors (Lipinski definition) is 1. The van der Waals surface area contributed by atoms with E-state index in [4.69, 9.17) is 5.73 Å². The Morgan fingerprint density at radius 1 is 1.64 bits per heavy atom. The highest BCUT2D eigenvalue weighted by atomic mass is 19.3. The van der Waals surface area contributed by atoms with Crippen LogP contribution in [-0.4, -0.2) is 18.1 Å². The Morgan fingerprint density at radius 2 is 2.29 bits per heavy atom. The Balaban J connectivity index is 3.29. The number of rotatable bonds is 2. The molecule has 1 heterocycles. The minimum absolute atomic E-state index is 0.0675. The Labute approximate surface area is 78.7 Å². The highest BCUT2D eigenvalue weighted by molar-refractivity contribution is 5.96. The van der Waals surface area contributed by atoms with E-state index in [0.717, 1.165) is 13.3 Å². The summed E-state index contributed by atoms with van der Waals surface area (Å²) in [5.41, 5.74) is 4.27. The van der Waals surface area contributed by atoms with Gasteiger partial charge in [-0.2, -0.15) is 0 Å². The molecule has 4 nitrogen and oxygen atoms in total. The van der Waals surface area contributed by atoms with Crippen LogP contribution >= 0.6 is 0 Å². The number of halogens is 2. The first-order valence-corrected chi connectivity index (χ1v) is 3.68. The number of nitrogens with zero attached hydrogens (tertiary/aromatic N) is 1. The van der Waals surface area contributed by atoms with E-state index in [1.54, 1.807) is 0 Å². The van der Waals surface area contributed by atoms with Gasteiger partial charge in [0.05, 0.1) is 7.11 Å². The van der Waals surface area contributed by atoms with E-state index in [0.29, 0.717) is 0 Å². The molecule has 0 fully saturated rings. The lowest BCUT2D eigenvalue weighted by molar-refractivity contribution is 0.0588. The molecule has 0 aliphatic heterocycles. The van der Waals surface area contributed by atoms with Crippen molar-refractivity contribution in [1.82, 2.24) is 4.98 Å². The molecule has 0 amide bonds. The molecule has 14 heavy (non-hydrogen) atoms. The maximum absolute atomic E-state index is 12.4. The van der Waals surface area contributed by atoms with Gasteiger partial charge in [0.25, 0.3) is 6.43 Å². The third kappa shape index (κ3) is 1.78. The molecule has 0 bridgehead atoms. The number of aromatic nitrogens is 1. The monoisotopic (exact) mass is 202 g/mol. The van der Waals surface area contributed by atoms with Gasteiger partial charge in [0.1, 0.15) is 11.3 Å². The topological polar surface area (TPSA) is 65.2 Å². The molecule has 76 valence electrons. The summed E-state index contributed by atoms with van der Waals surface area (Å²) in [7, 11) is 1.09. The predicted octanol–water partition coefficient (Wildman–Crippen LogP) is 1.39. The van der Waals surface area contributed by atoms with E-state index in [9.17, 15) is 13.6 Å². The number of carbonyl (C=O) groups is 1. The van der Waals surface area contributed by atoms with Crippen LogP contribution in [0.4, 0.5) is 14.5 Å². The van der Waals surface area contributed by atoms with Crippen LogP contribution in [-0.2, 0) is 4.74 Å². The summed E-state index contributed by atoms with van der Waals surface area (Å²) in [5, 5.41) is 0. The van der Waals surface area contributed by atoms with Gasteiger partial charge in [-0.25, -0.2) is 13.6 Å². The van der Waals surface area contributed by atoms with Crippen LogP contribution in [0.2, 0.25) is 0 Å². The lowest BCUT2D eigenvalue weighted by Crippen LogP contribution is -2.11. The molecule has 0 atom stereocenters. The Hall–Kier alpha value is -1.72. The van der Waals surface area contributed by atoms with E-state index in [1.165, 1.54) is 6.07 Å². The Bertz CT molecular complexity index is 355. The van der Waals surface area contributed by atoms with E-state index >= 15 is 0 Å². The zero-order chi connectivity index (χ0) is 10.7. The maximum atomic E-state index is 12.4. The normalized spacial score (nSPS) is 10.3. The molecule has 6 heteroatoms. The average Bonchev–Trinajstić information content (AvgIpc) is 2.16. The van der Waals surface area contributed by atoms with Crippen molar-refractivity contribution in [3.63, 3.8) is 0 Å². The first-order chi connectivity index (χ1) is 6.57. The fourth-order valence-corrected chi connectivity index (χ4v) is 0.984. The van der Waals surface area contributed by atoms with Gasteiger partial charge < -0.3 is 10.5 Å². The number of hydrogen-bond acceptors (Lipinski definition) is 4. The summed E-state index contributed by atoms with van der Waals surface area (Å²) in [6.07, 6.45) is -1.74. The average molecular weight is 202 g/mol. The predicted molar refractivity (Wildman–Crippen MR) is 44.9 cm³/mol. The third-order valence-electron chi connectivity index (χ3n) is 1.61. The molecule has 0 aliphatic carbocycles. The largest absolute Gasteiger partial charge is 0.465 e. The number of pyridine rings is 1. The third-order valence-corrected chi connectivity index (χ3v) is 1.61. The molecule has 0 spiro atoms. The number of ether oxygens (including phenoxy) is 1. The number of carbonyl (C=O) groups excluding carboxylic acids is 1. The van der Waals surface area contributed by atoms with Crippen LogP contribution in [0.3, 0.4) is 0 Å². The van der Waals surface area contributed by atoms with Crippen LogP contribution in [0.15, 0.2) is 12.3 Å². The molecule has 1 aromatic rings. The zero-order valence-corrected chi connectivity index (χ0v) is 7.33. The van der Waals surface area contributed by atoms with Crippen molar-refractivity contribution in [2.75, 3.05) is 12.8 Å². The van der Waals surface area contributed by atoms with Gasteiger partial charge in [-0.05, 0) is 6.07 Å². The summed E-state index contributed by atoms with van der Waals surface area (Å²) >= 11 is 0. The molecule has 2 N–H and O–H groups in total. The van der Waals surface area contributed by atoms with Crippen molar-refractivity contribution in [2.24, 2.45) is 0 Å². The summed E-state index contributed by atoms with van der Waals surface area (Å²) < 4.78 is 29.1. The maximum Gasteiger partial charge on any atom is 0.342 e. The van der Waals surface area contributed by atoms with Crippen LogP contribution in [0.5, 0.6) is 0 Å². The van der Waals surface area contributed by atoms with Gasteiger partial charge in [-0.3, -0.25) is 4.98 Å². The standard InChI is InChI=1S/C8H8F2N2O2/c1-14-8(13)5-4(11)2-3-12-6(5)7(9)10/h2-3,7H,1H3,(H2,11,12). The van der Waals surface area contributed by atoms with Crippen molar-refractivity contribution in [3.8, 4) is 0 Å². The van der Waals surface area contributed by atoms with E-state index in [1.807, 2.05) is 0 Å². The number of nitrogens with two attached hydrogens (primary N) is 1. The number of anilines is 1.